The van der Waals surface area contributed by atoms with Gasteiger partial charge in [0, 0.05) is 22.5 Å². The molecule has 20 heavy (non-hydrogen) atoms. The van der Waals surface area contributed by atoms with Crippen molar-refractivity contribution in [3.63, 3.8) is 0 Å². The maximum atomic E-state index is 6.21. The molecule has 0 unspecified atom stereocenters. The second-order valence-corrected chi connectivity index (χ2v) is 7.22. The topological polar surface area (TPSA) is 37.8 Å². The molecule has 0 radical (unpaired) electrons. The highest BCUT2D eigenvalue weighted by Gasteiger charge is 2.10. The van der Waals surface area contributed by atoms with E-state index in [1.165, 1.54) is 0 Å². The molecular weight excluding hydrogens is 358 g/mol. The van der Waals surface area contributed by atoms with Gasteiger partial charge in [0.2, 0.25) is 0 Å². The molecule has 0 atom stereocenters. The van der Waals surface area contributed by atoms with Gasteiger partial charge in [0.05, 0.1) is 5.02 Å². The molecular formula is C14H17BrClN3S. The Morgan fingerprint density at radius 1 is 1.35 bits per heavy atom. The third-order valence-corrected chi connectivity index (χ3v) is 4.58. The summed E-state index contributed by atoms with van der Waals surface area (Å²) in [5, 5.41) is 14.5. The van der Waals surface area contributed by atoms with E-state index in [-0.39, 0.29) is 0 Å². The smallest absolute Gasteiger partial charge is 0.149 e. The lowest BCUT2D eigenvalue weighted by Crippen LogP contribution is -2.23. The average molecular weight is 375 g/mol. The van der Waals surface area contributed by atoms with Crippen molar-refractivity contribution in [1.29, 1.82) is 0 Å². The Bertz CT molecular complexity index is 571. The van der Waals surface area contributed by atoms with Crippen LogP contribution in [0, 0.1) is 0 Å². The highest BCUT2D eigenvalue weighted by atomic mass is 79.9. The number of hydrogen-bond donors (Lipinski definition) is 1. The van der Waals surface area contributed by atoms with Gasteiger partial charge in [-0.25, -0.2) is 0 Å². The number of nitrogens with zero attached hydrogens (tertiary/aromatic N) is 2. The Hall–Kier alpha value is -0.490. The fraction of sp³-hybridized carbons (Fsp3) is 0.429. The van der Waals surface area contributed by atoms with Gasteiger partial charge < -0.3 is 5.32 Å². The third kappa shape index (κ3) is 4.52. The number of aryl methyl sites for hydroxylation is 1. The van der Waals surface area contributed by atoms with Gasteiger partial charge in [-0.3, -0.25) is 0 Å². The van der Waals surface area contributed by atoms with Crippen molar-refractivity contribution in [3.05, 3.63) is 32.7 Å². The Morgan fingerprint density at radius 3 is 2.90 bits per heavy atom. The SMILES string of the molecule is CC(C)NCCCc1nnc(-c2cc(Br)ccc2Cl)s1. The van der Waals surface area contributed by atoms with Crippen molar-refractivity contribution in [1.82, 2.24) is 15.5 Å². The molecule has 1 heterocycles. The first-order valence-electron chi connectivity index (χ1n) is 6.57. The highest BCUT2D eigenvalue weighted by molar-refractivity contribution is 9.10. The first-order chi connectivity index (χ1) is 9.56. The second-order valence-electron chi connectivity index (χ2n) is 4.84. The normalized spacial score (nSPS) is 11.2. The lowest BCUT2D eigenvalue weighted by Gasteiger charge is -2.05. The zero-order chi connectivity index (χ0) is 14.5. The number of benzene rings is 1. The summed E-state index contributed by atoms with van der Waals surface area (Å²) in [4.78, 5) is 0. The van der Waals surface area contributed by atoms with Crippen molar-refractivity contribution < 1.29 is 0 Å². The molecule has 0 spiro atoms. The molecule has 0 saturated heterocycles. The van der Waals surface area contributed by atoms with E-state index in [2.05, 4.69) is 45.3 Å². The van der Waals surface area contributed by atoms with Gasteiger partial charge in [0.25, 0.3) is 0 Å². The van der Waals surface area contributed by atoms with Gasteiger partial charge in [0.1, 0.15) is 10.0 Å². The van der Waals surface area contributed by atoms with E-state index in [1.54, 1.807) is 11.3 Å². The van der Waals surface area contributed by atoms with Crippen LogP contribution in [-0.4, -0.2) is 22.8 Å². The number of halogens is 2. The van der Waals surface area contributed by atoms with Crippen LogP contribution in [0.1, 0.15) is 25.3 Å². The summed E-state index contributed by atoms with van der Waals surface area (Å²) >= 11 is 11.3. The monoisotopic (exact) mass is 373 g/mol. The second kappa shape index (κ2) is 7.50. The molecule has 2 rings (SSSR count). The van der Waals surface area contributed by atoms with E-state index in [1.807, 2.05) is 18.2 Å². The summed E-state index contributed by atoms with van der Waals surface area (Å²) < 4.78 is 0.995. The van der Waals surface area contributed by atoms with Gasteiger partial charge in [-0.15, -0.1) is 10.2 Å². The number of aromatic nitrogens is 2. The minimum absolute atomic E-state index is 0.528. The summed E-state index contributed by atoms with van der Waals surface area (Å²) in [6, 6.07) is 6.30. The van der Waals surface area contributed by atoms with Gasteiger partial charge in [-0.2, -0.15) is 0 Å². The number of hydrogen-bond acceptors (Lipinski definition) is 4. The summed E-state index contributed by atoms with van der Waals surface area (Å²) in [6.07, 6.45) is 2.02. The molecule has 0 fully saturated rings. The molecule has 0 aliphatic heterocycles. The van der Waals surface area contributed by atoms with Gasteiger partial charge in [-0.1, -0.05) is 52.7 Å². The number of rotatable bonds is 6. The van der Waals surface area contributed by atoms with Crippen LogP contribution in [-0.2, 0) is 6.42 Å². The van der Waals surface area contributed by atoms with Gasteiger partial charge in [-0.05, 0) is 31.2 Å². The molecule has 0 aliphatic carbocycles. The van der Waals surface area contributed by atoms with Crippen LogP contribution in [0.4, 0.5) is 0 Å². The van der Waals surface area contributed by atoms with Crippen molar-refractivity contribution in [3.8, 4) is 10.6 Å². The quantitative estimate of drug-likeness (QED) is 0.754. The van der Waals surface area contributed by atoms with Crippen LogP contribution in [0.2, 0.25) is 5.02 Å². The van der Waals surface area contributed by atoms with Crippen LogP contribution < -0.4 is 5.32 Å². The molecule has 6 heteroatoms. The van der Waals surface area contributed by atoms with Crippen molar-refractivity contribution >= 4 is 38.9 Å². The Labute approximate surface area is 136 Å². The molecule has 0 amide bonds. The van der Waals surface area contributed by atoms with Crippen LogP contribution in [0.5, 0.6) is 0 Å². The maximum Gasteiger partial charge on any atom is 0.149 e. The molecule has 0 saturated carbocycles. The van der Waals surface area contributed by atoms with Crippen molar-refractivity contribution in [2.75, 3.05) is 6.54 Å². The van der Waals surface area contributed by atoms with Gasteiger partial charge >= 0.3 is 0 Å². The van der Waals surface area contributed by atoms with Gasteiger partial charge in [0.15, 0.2) is 0 Å². The predicted octanol–water partition coefficient (Wildman–Crippen LogP) is 4.55. The van der Waals surface area contributed by atoms with Crippen molar-refractivity contribution in [2.24, 2.45) is 0 Å². The zero-order valence-corrected chi connectivity index (χ0v) is 14.6. The van der Waals surface area contributed by atoms with E-state index >= 15 is 0 Å². The summed E-state index contributed by atoms with van der Waals surface area (Å²) in [6.45, 7) is 5.31. The van der Waals surface area contributed by atoms with E-state index in [4.69, 9.17) is 11.6 Å². The first kappa shape index (κ1) is 15.9. The molecule has 1 aromatic heterocycles. The largest absolute Gasteiger partial charge is 0.315 e. The van der Waals surface area contributed by atoms with Crippen LogP contribution >= 0.6 is 38.9 Å². The zero-order valence-electron chi connectivity index (χ0n) is 11.5. The summed E-state index contributed by atoms with van der Waals surface area (Å²) in [5.41, 5.74) is 0.935. The lowest BCUT2D eigenvalue weighted by molar-refractivity contribution is 0.569. The van der Waals surface area contributed by atoms with Crippen molar-refractivity contribution in [2.45, 2.75) is 32.7 Å². The minimum Gasteiger partial charge on any atom is -0.315 e. The molecule has 1 aromatic carbocycles. The van der Waals surface area contributed by atoms with Crippen LogP contribution in [0.3, 0.4) is 0 Å². The summed E-state index contributed by atoms with van der Waals surface area (Å²) in [7, 11) is 0. The molecule has 2 aromatic rings. The Morgan fingerprint density at radius 2 is 2.15 bits per heavy atom. The predicted molar refractivity (Wildman–Crippen MR) is 89.5 cm³/mol. The van der Waals surface area contributed by atoms with E-state index < -0.39 is 0 Å². The fourth-order valence-electron chi connectivity index (χ4n) is 1.76. The summed E-state index contributed by atoms with van der Waals surface area (Å²) in [5.74, 6) is 0. The highest BCUT2D eigenvalue weighted by Crippen LogP contribution is 2.32. The number of nitrogens with one attached hydrogen (secondary N) is 1. The van der Waals surface area contributed by atoms with E-state index in [0.29, 0.717) is 11.1 Å². The molecule has 0 bridgehead atoms. The van der Waals surface area contributed by atoms with E-state index in [0.717, 1.165) is 39.4 Å². The Balaban J connectivity index is 2.00. The lowest BCUT2D eigenvalue weighted by atomic mass is 10.2. The average Bonchev–Trinajstić information content (AvgIpc) is 2.86. The molecule has 0 aliphatic rings. The fourth-order valence-corrected chi connectivity index (χ4v) is 3.29. The van der Waals surface area contributed by atoms with Crippen LogP contribution in [0.15, 0.2) is 22.7 Å². The Kier molecular flexibility index (Phi) is 5.96. The maximum absolute atomic E-state index is 6.21. The molecule has 108 valence electrons. The molecule has 3 nitrogen and oxygen atoms in total. The third-order valence-electron chi connectivity index (χ3n) is 2.75. The van der Waals surface area contributed by atoms with E-state index in [9.17, 15) is 0 Å². The standard InChI is InChI=1S/C14H17BrClN3S/c1-9(2)17-7-3-4-13-18-19-14(20-13)11-8-10(15)5-6-12(11)16/h5-6,8-9,17H,3-4,7H2,1-2H3. The minimum atomic E-state index is 0.528. The molecule has 1 N–H and O–H groups in total. The first-order valence-corrected chi connectivity index (χ1v) is 8.56. The van der Waals surface area contributed by atoms with Crippen LogP contribution in [0.25, 0.3) is 10.6 Å².